The first-order valence-electron chi connectivity index (χ1n) is 12.5. The molecule has 0 atom stereocenters. The van der Waals surface area contributed by atoms with E-state index in [1.807, 2.05) is 74.6 Å². The average Bonchev–Trinajstić information content (AvgIpc) is 3.42. The van der Waals surface area contributed by atoms with E-state index in [0.717, 1.165) is 26.9 Å². The van der Waals surface area contributed by atoms with Crippen LogP contribution in [-0.2, 0) is 20.9 Å². The van der Waals surface area contributed by atoms with Gasteiger partial charge in [0.25, 0.3) is 5.91 Å². The van der Waals surface area contributed by atoms with Gasteiger partial charge in [0.05, 0.1) is 28.6 Å². The molecule has 3 aromatic rings. The van der Waals surface area contributed by atoms with Crippen LogP contribution in [0.5, 0.6) is 0 Å². The number of nitrogens with one attached hydrogen (secondary N) is 2. The number of methoxy groups -OCH3 is 1. The largest absolute Gasteiger partial charge is 0.384 e. The lowest BCUT2D eigenvalue weighted by Gasteiger charge is -2.17. The number of amidine groups is 1. The van der Waals surface area contributed by atoms with E-state index in [1.54, 1.807) is 16.7 Å². The van der Waals surface area contributed by atoms with Crippen molar-refractivity contribution in [1.29, 1.82) is 0 Å². The van der Waals surface area contributed by atoms with Crippen molar-refractivity contribution in [1.82, 2.24) is 4.90 Å². The van der Waals surface area contributed by atoms with E-state index in [1.165, 1.54) is 18.9 Å². The number of thioether (sulfide) groups is 2. The summed E-state index contributed by atoms with van der Waals surface area (Å²) in [5.74, 6) is -0.337. The summed E-state index contributed by atoms with van der Waals surface area (Å²) < 4.78 is 4.94. The maximum absolute atomic E-state index is 13.9. The van der Waals surface area contributed by atoms with Crippen molar-refractivity contribution in [2.45, 2.75) is 18.4 Å². The van der Waals surface area contributed by atoms with Gasteiger partial charge in [0.2, 0.25) is 5.91 Å². The summed E-state index contributed by atoms with van der Waals surface area (Å²) in [7, 11) is 3.46. The average molecular weight is 560 g/mol. The number of benzene rings is 3. The molecule has 2 amide bonds. The minimum atomic E-state index is -0.253. The zero-order chi connectivity index (χ0) is 27.4. The summed E-state index contributed by atoms with van der Waals surface area (Å²) in [6.45, 7) is 3.05. The van der Waals surface area contributed by atoms with Gasteiger partial charge in [-0.05, 0) is 54.6 Å². The van der Waals surface area contributed by atoms with Gasteiger partial charge in [0, 0.05) is 31.3 Å². The van der Waals surface area contributed by atoms with E-state index in [-0.39, 0.29) is 18.4 Å². The van der Waals surface area contributed by atoms with Crippen LogP contribution in [0.2, 0.25) is 0 Å². The van der Waals surface area contributed by atoms with Crippen LogP contribution in [0.1, 0.15) is 12.5 Å². The number of carbonyl (C=O) groups is 2. The molecule has 200 valence electrons. The summed E-state index contributed by atoms with van der Waals surface area (Å²) in [5.41, 5.74) is 4.12. The molecule has 1 saturated heterocycles. The highest BCUT2D eigenvalue weighted by atomic mass is 32.2. The molecular weight excluding hydrogens is 530 g/mol. The summed E-state index contributed by atoms with van der Waals surface area (Å²) in [6, 6.07) is 23.5. The third-order valence-corrected chi connectivity index (χ3v) is 8.55. The summed E-state index contributed by atoms with van der Waals surface area (Å²) >= 11 is 2.97. The Balaban J connectivity index is 1.56. The molecular formula is C29H29N5O3S2. The zero-order valence-corrected chi connectivity index (χ0v) is 23.6. The van der Waals surface area contributed by atoms with Crippen molar-refractivity contribution >= 4 is 63.3 Å². The second-order valence-electron chi connectivity index (χ2n) is 8.88. The molecule has 0 spiro atoms. The van der Waals surface area contributed by atoms with Crippen LogP contribution in [0.3, 0.4) is 0 Å². The van der Waals surface area contributed by atoms with Gasteiger partial charge in [-0.3, -0.25) is 14.5 Å². The van der Waals surface area contributed by atoms with Gasteiger partial charge < -0.3 is 20.3 Å². The third kappa shape index (κ3) is 5.83. The number of rotatable bonds is 8. The van der Waals surface area contributed by atoms with Gasteiger partial charge in [-0.25, -0.2) is 4.99 Å². The number of hydrogen-bond acceptors (Lipinski definition) is 8. The maximum atomic E-state index is 13.9. The van der Waals surface area contributed by atoms with Crippen LogP contribution in [0, 0.1) is 0 Å². The molecule has 2 heterocycles. The molecule has 1 fully saturated rings. The lowest BCUT2D eigenvalue weighted by molar-refractivity contribution is -0.122. The van der Waals surface area contributed by atoms with Crippen LogP contribution in [0.25, 0.3) is 0 Å². The second-order valence-corrected chi connectivity index (χ2v) is 10.9. The zero-order valence-electron chi connectivity index (χ0n) is 21.9. The minimum Gasteiger partial charge on any atom is -0.384 e. The molecule has 39 heavy (non-hydrogen) atoms. The number of fused-ring (bicyclic) bond motifs is 1. The van der Waals surface area contributed by atoms with Gasteiger partial charge >= 0.3 is 0 Å². The quantitative estimate of drug-likeness (QED) is 0.334. The number of nitrogens with zero attached hydrogens (tertiary/aromatic N) is 3. The van der Waals surface area contributed by atoms with E-state index >= 15 is 0 Å². The van der Waals surface area contributed by atoms with E-state index in [0.29, 0.717) is 34.5 Å². The van der Waals surface area contributed by atoms with Crippen molar-refractivity contribution in [3.8, 4) is 0 Å². The van der Waals surface area contributed by atoms with E-state index in [9.17, 15) is 9.59 Å². The Labute approximate surface area is 236 Å². The molecule has 2 aliphatic heterocycles. The van der Waals surface area contributed by atoms with Crippen LogP contribution >= 0.6 is 23.5 Å². The summed E-state index contributed by atoms with van der Waals surface area (Å²) in [4.78, 5) is 36.6. The highest BCUT2D eigenvalue weighted by Crippen LogP contribution is 2.50. The fourth-order valence-electron chi connectivity index (χ4n) is 4.30. The van der Waals surface area contributed by atoms with E-state index in [4.69, 9.17) is 9.73 Å². The lowest BCUT2D eigenvalue weighted by Crippen LogP contribution is -2.29. The molecule has 5 rings (SSSR count). The first-order valence-corrected chi connectivity index (χ1v) is 14.2. The summed E-state index contributed by atoms with van der Waals surface area (Å²) in [6.07, 6.45) is 0. The molecule has 0 aromatic heterocycles. The molecule has 0 radical (unpaired) electrons. The molecule has 0 bridgehead atoms. The summed E-state index contributed by atoms with van der Waals surface area (Å²) in [5, 5.41) is 7.64. The number of aliphatic imine (C=N–C) groups is 1. The molecule has 0 unspecified atom stereocenters. The van der Waals surface area contributed by atoms with Crippen LogP contribution in [-0.4, -0.2) is 49.2 Å². The number of para-hydroxylation sites is 1. The van der Waals surface area contributed by atoms with Crippen LogP contribution in [0.15, 0.2) is 92.6 Å². The SMILES string of the molecule is CCNc1ccc(NC(=O)COC)cc1N=C1SC(=C2Sc3ccccc3N2C)C(=O)N1Cc1ccccc1. The Morgan fingerprint density at radius 3 is 2.54 bits per heavy atom. The minimum absolute atomic E-state index is 0.0431. The van der Waals surface area contributed by atoms with Crippen molar-refractivity contribution in [2.24, 2.45) is 4.99 Å². The lowest BCUT2D eigenvalue weighted by atomic mass is 10.2. The van der Waals surface area contributed by atoms with Crippen molar-refractivity contribution < 1.29 is 14.3 Å². The number of hydrogen-bond donors (Lipinski definition) is 2. The Hall–Kier alpha value is -3.73. The monoisotopic (exact) mass is 559 g/mol. The Morgan fingerprint density at radius 1 is 1.03 bits per heavy atom. The highest BCUT2D eigenvalue weighted by Gasteiger charge is 2.39. The van der Waals surface area contributed by atoms with Gasteiger partial charge in [0.1, 0.15) is 11.5 Å². The first kappa shape index (κ1) is 26.9. The topological polar surface area (TPSA) is 86.3 Å². The molecule has 2 aliphatic rings. The predicted molar refractivity (Wildman–Crippen MR) is 161 cm³/mol. The Bertz CT molecular complexity index is 1460. The maximum Gasteiger partial charge on any atom is 0.269 e. The Kier molecular flexibility index (Phi) is 8.25. The van der Waals surface area contributed by atoms with Crippen molar-refractivity contribution in [3.63, 3.8) is 0 Å². The standard InChI is InChI=1S/C29H29N5O3S2/c1-4-30-21-15-14-20(31-25(35)18-37-3)16-22(21)32-29-34(17-19-10-6-5-7-11-19)27(36)26(39-29)28-33(2)23-12-8-9-13-24(23)38-28/h5-16,30H,4,17-18H2,1-3H3,(H,31,35). The number of carbonyl (C=O) groups excluding carboxylic acids is 2. The normalized spacial score (nSPS) is 17.6. The van der Waals surface area contributed by atoms with Gasteiger partial charge in [-0.15, -0.1) is 0 Å². The predicted octanol–water partition coefficient (Wildman–Crippen LogP) is 5.88. The fraction of sp³-hybridized carbons (Fsp3) is 0.207. The van der Waals surface area contributed by atoms with Gasteiger partial charge in [-0.1, -0.05) is 54.2 Å². The number of amides is 2. The second kappa shape index (κ2) is 12.0. The van der Waals surface area contributed by atoms with E-state index in [2.05, 4.69) is 27.7 Å². The molecule has 8 nitrogen and oxygen atoms in total. The van der Waals surface area contributed by atoms with Crippen molar-refractivity contribution in [3.05, 3.63) is 88.3 Å². The molecule has 3 aromatic carbocycles. The first-order chi connectivity index (χ1) is 19.0. The molecule has 0 aliphatic carbocycles. The van der Waals surface area contributed by atoms with Crippen LogP contribution < -0.4 is 15.5 Å². The fourth-order valence-corrected chi connectivity index (χ4v) is 6.63. The Morgan fingerprint density at radius 2 is 1.79 bits per heavy atom. The molecule has 2 N–H and O–H groups in total. The molecule has 10 heteroatoms. The third-order valence-electron chi connectivity index (χ3n) is 6.12. The number of anilines is 3. The highest BCUT2D eigenvalue weighted by molar-refractivity contribution is 8.19. The smallest absolute Gasteiger partial charge is 0.269 e. The number of ether oxygens (including phenoxy) is 1. The van der Waals surface area contributed by atoms with Gasteiger partial charge in [0.15, 0.2) is 5.17 Å². The van der Waals surface area contributed by atoms with Crippen LogP contribution in [0.4, 0.5) is 22.7 Å². The van der Waals surface area contributed by atoms with Crippen molar-refractivity contribution in [2.75, 3.05) is 42.8 Å². The van der Waals surface area contributed by atoms with Gasteiger partial charge in [-0.2, -0.15) is 0 Å². The molecule has 0 saturated carbocycles. The van der Waals surface area contributed by atoms with E-state index < -0.39 is 0 Å².